The molecule has 0 rings (SSSR count). The molecule has 0 aliphatic carbocycles. The molecule has 0 aromatic carbocycles. The minimum atomic E-state index is -1.63. The molecule has 0 heterocycles. The molecule has 0 aliphatic rings. The van der Waals surface area contributed by atoms with Crippen LogP contribution in [0, 0.1) is 0 Å². The van der Waals surface area contributed by atoms with Crippen LogP contribution in [-0.2, 0) is 33.3 Å². The van der Waals surface area contributed by atoms with Gasteiger partial charge in [0.15, 0.2) is 12.4 Å². The van der Waals surface area contributed by atoms with E-state index in [-0.39, 0.29) is 32.2 Å². The summed E-state index contributed by atoms with van der Waals surface area (Å²) in [5.74, 6) is -2.27. The summed E-state index contributed by atoms with van der Waals surface area (Å²) in [6.07, 6.45) is 126. The number of unbranched alkanes of at least 4 members (excludes halogenated alkanes) is 38. The van der Waals surface area contributed by atoms with Gasteiger partial charge in [-0.25, -0.2) is 0 Å². The van der Waals surface area contributed by atoms with Crippen molar-refractivity contribution in [2.45, 2.75) is 386 Å². The normalized spacial score (nSPS) is 13.5. The Hall–Kier alpha value is -5.35. The lowest BCUT2D eigenvalue weighted by Gasteiger charge is -2.26. The maximum atomic E-state index is 13.0. The molecule has 0 aromatic rings. The third-order valence-corrected chi connectivity index (χ3v) is 19.0. The number of nitrogens with zero attached hydrogens (tertiary/aromatic N) is 1. The fourth-order valence-electron chi connectivity index (χ4n) is 12.3. The van der Waals surface area contributed by atoms with E-state index in [0.29, 0.717) is 23.9 Å². The summed E-state index contributed by atoms with van der Waals surface area (Å²) in [5.41, 5.74) is 0. The molecule has 0 saturated heterocycles. The summed E-state index contributed by atoms with van der Waals surface area (Å²) >= 11 is 0. The van der Waals surface area contributed by atoms with Gasteiger partial charge in [-0.1, -0.05) is 402 Å². The Morgan fingerprint density at radius 1 is 0.280 bits per heavy atom. The van der Waals surface area contributed by atoms with E-state index < -0.39 is 24.3 Å². The molecular formula is C98H165NO8. The number of aliphatic carboxylic acids is 1. The van der Waals surface area contributed by atoms with E-state index in [9.17, 15) is 19.5 Å². The van der Waals surface area contributed by atoms with Gasteiger partial charge in [-0.3, -0.25) is 9.59 Å². The van der Waals surface area contributed by atoms with Crippen LogP contribution in [0.25, 0.3) is 0 Å². The van der Waals surface area contributed by atoms with Gasteiger partial charge in [-0.15, -0.1) is 0 Å². The number of carboxylic acid groups (broad SMARTS) is 1. The van der Waals surface area contributed by atoms with E-state index in [1.54, 1.807) is 0 Å². The largest absolute Gasteiger partial charge is 0.545 e. The maximum absolute atomic E-state index is 13.0. The van der Waals surface area contributed by atoms with E-state index in [0.717, 1.165) is 128 Å². The second-order valence-electron chi connectivity index (χ2n) is 30.4. The molecule has 610 valence electrons. The van der Waals surface area contributed by atoms with Gasteiger partial charge in [0.1, 0.15) is 13.2 Å². The molecule has 2 unspecified atom stereocenters. The average Bonchev–Trinajstić information content (AvgIpc) is 0.965. The lowest BCUT2D eigenvalue weighted by atomic mass is 10.0. The SMILES string of the molecule is CC/C=C\C/C=C\C/C=C\C/C=C\C/C=C\C/C=C\C/C=C\C/C=C\CCCCCCCCCCCCCCCCCCC(=O)OC(COC(=O)CCCCCCCCCCCCCCCCCCCCCCCC/C=C\C/C=C\C/C=C\C/C=C\C/C=C\C/C=C\CC)COC(OCC[N+](C)(C)C)C(=O)[O-]. The first-order chi connectivity index (χ1) is 52.6. The van der Waals surface area contributed by atoms with E-state index in [4.69, 9.17) is 18.9 Å². The van der Waals surface area contributed by atoms with Crippen LogP contribution in [0.1, 0.15) is 373 Å². The van der Waals surface area contributed by atoms with Crippen molar-refractivity contribution in [3.8, 4) is 0 Å². The van der Waals surface area contributed by atoms with Crippen molar-refractivity contribution in [2.24, 2.45) is 0 Å². The summed E-state index contributed by atoms with van der Waals surface area (Å²) < 4.78 is 22.9. The first kappa shape index (κ1) is 102. The standard InChI is InChI=1S/C98H165NO8/c1-6-8-10-12-14-16-18-20-22-24-26-28-30-32-34-36-38-40-42-44-46-48-50-52-54-56-58-60-62-64-66-68-70-72-74-76-78-80-82-84-86-88-95(100)105-92-94(93-106-98(97(102)103)104-91-90-99(3,4)5)107-96(101)89-87-85-83-81-79-77-75-73-71-69-67-65-63-61-59-57-55-53-51-49-47-45-43-41-39-37-35-33-31-29-27-25-23-21-19-17-15-13-11-9-7-2/h8-11,14-17,20-23,26-29,32-35,38-41,45,47,51,53,94,98H,6-7,12-13,18-19,24-25,30-31,36-37,42-44,46,48-50,52,54-93H2,1-5H3/b10-8-,11-9-,16-14-,17-15-,22-20-,23-21-,28-26-,29-27-,34-32-,35-33-,40-38-,41-39-,47-45-,53-51-. The van der Waals surface area contributed by atoms with Crippen LogP contribution >= 0.6 is 0 Å². The van der Waals surface area contributed by atoms with Crippen LogP contribution in [0.3, 0.4) is 0 Å². The van der Waals surface area contributed by atoms with E-state index in [1.807, 2.05) is 21.1 Å². The maximum Gasteiger partial charge on any atom is 0.306 e. The Labute approximate surface area is 660 Å². The number of hydrogen-bond acceptors (Lipinski definition) is 8. The Morgan fingerprint density at radius 3 is 0.748 bits per heavy atom. The van der Waals surface area contributed by atoms with Crippen molar-refractivity contribution in [1.29, 1.82) is 0 Å². The number of carbonyl (C=O) groups excluding carboxylic acids is 3. The third-order valence-electron chi connectivity index (χ3n) is 19.0. The van der Waals surface area contributed by atoms with Gasteiger partial charge in [0.25, 0.3) is 0 Å². The summed E-state index contributed by atoms with van der Waals surface area (Å²) in [6.45, 7) is 4.55. The van der Waals surface area contributed by atoms with Gasteiger partial charge >= 0.3 is 11.9 Å². The molecule has 0 spiro atoms. The molecule has 0 amide bonds. The smallest absolute Gasteiger partial charge is 0.306 e. The van der Waals surface area contributed by atoms with Crippen LogP contribution in [0.15, 0.2) is 170 Å². The highest BCUT2D eigenvalue weighted by Gasteiger charge is 2.22. The van der Waals surface area contributed by atoms with Gasteiger partial charge in [0, 0.05) is 12.8 Å². The number of carboxylic acids is 1. The molecule has 0 fully saturated rings. The van der Waals surface area contributed by atoms with E-state index in [1.165, 1.54) is 212 Å². The van der Waals surface area contributed by atoms with Gasteiger partial charge < -0.3 is 33.3 Å². The van der Waals surface area contributed by atoms with Crippen molar-refractivity contribution in [1.82, 2.24) is 0 Å². The Balaban J connectivity index is 3.98. The number of allylic oxidation sites excluding steroid dienone is 28. The summed E-state index contributed by atoms with van der Waals surface area (Å²) in [7, 11) is 5.94. The molecule has 107 heavy (non-hydrogen) atoms. The first-order valence-corrected chi connectivity index (χ1v) is 44.3. The van der Waals surface area contributed by atoms with Crippen LogP contribution in [-0.4, -0.2) is 82.3 Å². The Morgan fingerprint density at radius 2 is 0.505 bits per heavy atom. The summed E-state index contributed by atoms with van der Waals surface area (Å²) in [4.78, 5) is 37.7. The number of quaternary nitrogens is 1. The van der Waals surface area contributed by atoms with E-state index in [2.05, 4.69) is 184 Å². The third kappa shape index (κ3) is 87.8. The average molecular weight is 1490 g/mol. The highest BCUT2D eigenvalue weighted by molar-refractivity contribution is 5.70. The number of rotatable bonds is 81. The minimum Gasteiger partial charge on any atom is -0.545 e. The van der Waals surface area contributed by atoms with Gasteiger partial charge in [0.05, 0.1) is 40.3 Å². The monoisotopic (exact) mass is 1480 g/mol. The molecule has 0 saturated carbocycles. The zero-order valence-electron chi connectivity index (χ0n) is 70.0. The molecular weight excluding hydrogens is 1320 g/mol. The van der Waals surface area contributed by atoms with Crippen LogP contribution < -0.4 is 5.11 Å². The molecule has 0 bridgehead atoms. The number of esters is 2. The van der Waals surface area contributed by atoms with Crippen molar-refractivity contribution >= 4 is 17.9 Å². The second kappa shape index (κ2) is 86.2. The van der Waals surface area contributed by atoms with Crippen molar-refractivity contribution in [2.75, 3.05) is 47.5 Å². The van der Waals surface area contributed by atoms with Gasteiger partial charge in [-0.05, 0) is 128 Å². The number of carbonyl (C=O) groups is 3. The molecule has 0 N–H and O–H groups in total. The fourth-order valence-corrected chi connectivity index (χ4v) is 12.3. The molecule has 0 radical (unpaired) electrons. The molecule has 2 atom stereocenters. The molecule has 9 nitrogen and oxygen atoms in total. The van der Waals surface area contributed by atoms with Crippen molar-refractivity contribution in [3.63, 3.8) is 0 Å². The highest BCUT2D eigenvalue weighted by atomic mass is 16.7. The molecule has 0 aliphatic heterocycles. The lowest BCUT2D eigenvalue weighted by Crippen LogP contribution is -2.44. The quantitative estimate of drug-likeness (QED) is 0.0195. The summed E-state index contributed by atoms with van der Waals surface area (Å²) in [5, 5.41) is 11.9. The Kier molecular flexibility index (Phi) is 81.9. The predicted molar refractivity (Wildman–Crippen MR) is 462 cm³/mol. The van der Waals surface area contributed by atoms with Gasteiger partial charge in [0.2, 0.25) is 0 Å². The van der Waals surface area contributed by atoms with Gasteiger partial charge in [-0.2, -0.15) is 0 Å². The molecule has 9 heteroatoms. The minimum absolute atomic E-state index is 0.144. The zero-order valence-corrected chi connectivity index (χ0v) is 70.0. The Bertz CT molecular complexity index is 2380. The van der Waals surface area contributed by atoms with Crippen molar-refractivity contribution in [3.05, 3.63) is 170 Å². The van der Waals surface area contributed by atoms with Crippen LogP contribution in [0.5, 0.6) is 0 Å². The number of ether oxygens (including phenoxy) is 4. The second-order valence-corrected chi connectivity index (χ2v) is 30.4. The topological polar surface area (TPSA) is 111 Å². The zero-order chi connectivity index (χ0) is 77.4. The fraction of sp³-hybridized carbons (Fsp3) is 0.684. The van der Waals surface area contributed by atoms with E-state index >= 15 is 0 Å². The molecule has 0 aromatic heterocycles. The summed E-state index contributed by atoms with van der Waals surface area (Å²) in [6, 6.07) is 0. The van der Waals surface area contributed by atoms with Crippen molar-refractivity contribution < 1.29 is 42.9 Å². The van der Waals surface area contributed by atoms with Crippen LogP contribution in [0.4, 0.5) is 0 Å². The first-order valence-electron chi connectivity index (χ1n) is 44.3. The van der Waals surface area contributed by atoms with Crippen LogP contribution in [0.2, 0.25) is 0 Å². The number of hydrogen-bond donors (Lipinski definition) is 0. The lowest BCUT2D eigenvalue weighted by molar-refractivity contribution is -0.870. The predicted octanol–water partition coefficient (Wildman–Crippen LogP) is 27.9. The number of likely N-dealkylation sites (N-methyl/N-ethyl adjacent to an activating group) is 1. The highest BCUT2D eigenvalue weighted by Crippen LogP contribution is 2.19.